The van der Waals surface area contributed by atoms with Gasteiger partial charge in [-0.05, 0) is 47.6 Å². The molecule has 0 aliphatic rings. The van der Waals surface area contributed by atoms with E-state index in [9.17, 15) is 4.39 Å². The molecule has 0 aromatic heterocycles. The van der Waals surface area contributed by atoms with Crippen LogP contribution < -0.4 is 0 Å². The summed E-state index contributed by atoms with van der Waals surface area (Å²) in [7, 11) is 0. The number of rotatable bonds is 3. The molecule has 20 heavy (non-hydrogen) atoms. The van der Waals surface area contributed by atoms with E-state index in [4.69, 9.17) is 5.26 Å². The summed E-state index contributed by atoms with van der Waals surface area (Å²) in [5, 5.41) is 10.8. The molecule has 0 saturated carbocycles. The lowest BCUT2D eigenvalue weighted by Gasteiger charge is -1.98. The molecular formula is C16H9FN2S. The number of nitrogens with zero attached hydrogens (tertiary/aromatic N) is 2. The zero-order valence-corrected chi connectivity index (χ0v) is 11.2. The molecule has 0 aliphatic heterocycles. The van der Waals surface area contributed by atoms with Crippen molar-refractivity contribution in [1.29, 1.82) is 5.26 Å². The van der Waals surface area contributed by atoms with Gasteiger partial charge in [-0.1, -0.05) is 30.4 Å². The SMILES string of the molecule is N#Cc1ccc(C=Cc2ccc(N=C=S)c(F)c2)cc1. The van der Waals surface area contributed by atoms with Gasteiger partial charge < -0.3 is 0 Å². The molecule has 0 heterocycles. The van der Waals surface area contributed by atoms with Gasteiger partial charge in [-0.15, -0.1) is 0 Å². The molecule has 2 aromatic rings. The lowest BCUT2D eigenvalue weighted by atomic mass is 10.1. The maximum absolute atomic E-state index is 13.6. The Balaban J connectivity index is 2.20. The average Bonchev–Trinajstić information content (AvgIpc) is 2.48. The molecule has 0 fully saturated rings. The highest BCUT2D eigenvalue weighted by Gasteiger charge is 2.00. The zero-order valence-electron chi connectivity index (χ0n) is 10.4. The molecule has 0 bridgehead atoms. The van der Waals surface area contributed by atoms with Gasteiger partial charge in [0.05, 0.1) is 16.8 Å². The Hall–Kier alpha value is -2.60. The second-order valence-corrected chi connectivity index (χ2v) is 4.16. The largest absolute Gasteiger partial charge is 0.205 e. The van der Waals surface area contributed by atoms with Crippen molar-refractivity contribution in [3.63, 3.8) is 0 Å². The highest BCUT2D eigenvalue weighted by molar-refractivity contribution is 7.78. The number of benzene rings is 2. The van der Waals surface area contributed by atoms with Crippen LogP contribution in [-0.4, -0.2) is 5.16 Å². The summed E-state index contributed by atoms with van der Waals surface area (Å²) in [5.74, 6) is -0.440. The number of hydrogen-bond acceptors (Lipinski definition) is 3. The van der Waals surface area contributed by atoms with E-state index in [1.165, 1.54) is 6.07 Å². The summed E-state index contributed by atoms with van der Waals surface area (Å²) in [5.41, 5.74) is 2.44. The first-order valence-electron chi connectivity index (χ1n) is 5.78. The highest BCUT2D eigenvalue weighted by Crippen LogP contribution is 2.19. The molecule has 0 N–H and O–H groups in total. The first-order valence-corrected chi connectivity index (χ1v) is 6.19. The van der Waals surface area contributed by atoms with Gasteiger partial charge in [-0.25, -0.2) is 4.39 Å². The van der Waals surface area contributed by atoms with E-state index in [2.05, 4.69) is 28.4 Å². The number of aliphatic imine (C=N–C) groups is 1. The van der Waals surface area contributed by atoms with E-state index >= 15 is 0 Å². The number of nitriles is 1. The Kier molecular flexibility index (Phi) is 4.52. The van der Waals surface area contributed by atoms with Gasteiger partial charge >= 0.3 is 0 Å². The van der Waals surface area contributed by atoms with Crippen LogP contribution in [0.25, 0.3) is 12.2 Å². The van der Waals surface area contributed by atoms with E-state index in [-0.39, 0.29) is 5.69 Å². The Morgan fingerprint density at radius 3 is 2.30 bits per heavy atom. The van der Waals surface area contributed by atoms with Gasteiger partial charge in [0.25, 0.3) is 0 Å². The van der Waals surface area contributed by atoms with Crippen LogP contribution in [0.4, 0.5) is 10.1 Å². The first-order chi connectivity index (χ1) is 9.72. The van der Waals surface area contributed by atoms with E-state index < -0.39 is 5.82 Å². The summed E-state index contributed by atoms with van der Waals surface area (Å²) < 4.78 is 13.6. The highest BCUT2D eigenvalue weighted by atomic mass is 32.1. The second kappa shape index (κ2) is 6.53. The zero-order chi connectivity index (χ0) is 14.4. The van der Waals surface area contributed by atoms with Crippen molar-refractivity contribution in [3.05, 3.63) is 65.0 Å². The Morgan fingerprint density at radius 2 is 1.70 bits per heavy atom. The molecule has 0 spiro atoms. The van der Waals surface area contributed by atoms with E-state index in [1.54, 1.807) is 30.3 Å². The van der Waals surface area contributed by atoms with Crippen molar-refractivity contribution < 1.29 is 4.39 Å². The van der Waals surface area contributed by atoms with Gasteiger partial charge in [0.1, 0.15) is 11.5 Å². The molecule has 0 amide bonds. The standard InChI is InChI=1S/C16H9FN2S/c17-15-9-13(7-8-16(15)19-11-20)4-1-12-2-5-14(10-18)6-3-12/h1-9H. The summed E-state index contributed by atoms with van der Waals surface area (Å²) in [6.07, 6.45) is 3.63. The fourth-order valence-electron chi connectivity index (χ4n) is 1.63. The fraction of sp³-hybridized carbons (Fsp3) is 0. The molecule has 2 aromatic carbocycles. The number of isothiocyanates is 1. The first kappa shape index (κ1) is 13.8. The topological polar surface area (TPSA) is 36.1 Å². The lowest BCUT2D eigenvalue weighted by molar-refractivity contribution is 0.630. The van der Waals surface area contributed by atoms with Crippen LogP contribution in [0.2, 0.25) is 0 Å². The molecule has 0 aliphatic carbocycles. The van der Waals surface area contributed by atoms with Crippen LogP contribution in [0.5, 0.6) is 0 Å². The van der Waals surface area contributed by atoms with Crippen molar-refractivity contribution >= 4 is 35.2 Å². The second-order valence-electron chi connectivity index (χ2n) is 3.98. The van der Waals surface area contributed by atoms with Crippen molar-refractivity contribution in [2.24, 2.45) is 4.99 Å². The third kappa shape index (κ3) is 3.46. The number of thiocarbonyl (C=S) groups is 1. The summed E-state index contributed by atoms with van der Waals surface area (Å²) in [6, 6.07) is 13.9. The van der Waals surface area contributed by atoms with Crippen LogP contribution >= 0.6 is 12.2 Å². The van der Waals surface area contributed by atoms with Gasteiger partial charge in [0.2, 0.25) is 0 Å². The average molecular weight is 280 g/mol. The molecule has 0 atom stereocenters. The number of hydrogen-bond donors (Lipinski definition) is 0. The van der Waals surface area contributed by atoms with Crippen molar-refractivity contribution in [2.75, 3.05) is 0 Å². The molecule has 4 heteroatoms. The van der Waals surface area contributed by atoms with Crippen LogP contribution in [0.1, 0.15) is 16.7 Å². The summed E-state index contributed by atoms with van der Waals surface area (Å²) in [4.78, 5) is 3.62. The molecule has 0 saturated heterocycles. The van der Waals surface area contributed by atoms with Crippen LogP contribution in [0.15, 0.2) is 47.5 Å². The van der Waals surface area contributed by atoms with Crippen molar-refractivity contribution in [1.82, 2.24) is 0 Å². The lowest BCUT2D eigenvalue weighted by Crippen LogP contribution is -1.79. The van der Waals surface area contributed by atoms with Crippen LogP contribution in [0.3, 0.4) is 0 Å². The molecular weight excluding hydrogens is 271 g/mol. The van der Waals surface area contributed by atoms with Gasteiger partial charge in [-0.2, -0.15) is 10.3 Å². The molecule has 2 rings (SSSR count). The van der Waals surface area contributed by atoms with E-state index in [0.29, 0.717) is 5.56 Å². The van der Waals surface area contributed by atoms with Gasteiger partial charge in [0.15, 0.2) is 0 Å². The van der Waals surface area contributed by atoms with Crippen LogP contribution in [0, 0.1) is 17.1 Å². The third-order valence-electron chi connectivity index (χ3n) is 2.65. The molecule has 0 radical (unpaired) electrons. The predicted octanol–water partition coefficient (Wildman–Crippen LogP) is 4.60. The minimum Gasteiger partial charge on any atom is -0.205 e. The summed E-state index contributed by atoms with van der Waals surface area (Å²) >= 11 is 4.44. The minimum atomic E-state index is -0.440. The maximum atomic E-state index is 13.6. The van der Waals surface area contributed by atoms with E-state index in [0.717, 1.165) is 11.1 Å². The molecule has 2 nitrogen and oxygen atoms in total. The normalized spacial score (nSPS) is 10.0. The minimum absolute atomic E-state index is 0.176. The summed E-state index contributed by atoms with van der Waals surface area (Å²) in [6.45, 7) is 0. The maximum Gasteiger partial charge on any atom is 0.150 e. The number of halogens is 1. The molecule has 0 unspecified atom stereocenters. The molecule has 96 valence electrons. The monoisotopic (exact) mass is 280 g/mol. The Morgan fingerprint density at radius 1 is 1.05 bits per heavy atom. The van der Waals surface area contributed by atoms with Gasteiger partial charge in [-0.3, -0.25) is 0 Å². The van der Waals surface area contributed by atoms with Crippen molar-refractivity contribution in [2.45, 2.75) is 0 Å². The van der Waals surface area contributed by atoms with Gasteiger partial charge in [0, 0.05) is 0 Å². The predicted molar refractivity (Wildman–Crippen MR) is 81.2 cm³/mol. The smallest absolute Gasteiger partial charge is 0.150 e. The third-order valence-corrected chi connectivity index (χ3v) is 2.74. The quantitative estimate of drug-likeness (QED) is 0.468. The van der Waals surface area contributed by atoms with Crippen molar-refractivity contribution in [3.8, 4) is 6.07 Å². The Bertz CT molecular complexity index is 736. The fourth-order valence-corrected chi connectivity index (χ4v) is 1.73. The van der Waals surface area contributed by atoms with Crippen LogP contribution in [-0.2, 0) is 0 Å². The van der Waals surface area contributed by atoms with E-state index in [1.807, 2.05) is 18.2 Å². The Labute approximate surface area is 121 Å².